The monoisotopic (exact) mass is 400 g/mol. The number of ketones is 1. The lowest BCUT2D eigenvalue weighted by atomic mass is 9.96. The fraction of sp³-hybridized carbons (Fsp3) is 0.160. The molecule has 0 aliphatic carbocycles. The van der Waals surface area contributed by atoms with Gasteiger partial charge in [-0.15, -0.1) is 11.3 Å². The van der Waals surface area contributed by atoms with Crippen molar-refractivity contribution in [2.24, 2.45) is 9.98 Å². The van der Waals surface area contributed by atoms with E-state index in [2.05, 4.69) is 30.8 Å². The number of hydrogen-bond acceptors (Lipinski definition) is 4. The summed E-state index contributed by atoms with van der Waals surface area (Å²) in [7, 11) is 0. The Kier molecular flexibility index (Phi) is 6.35. The molecule has 2 aromatic rings. The molecule has 0 N–H and O–H groups in total. The van der Waals surface area contributed by atoms with Gasteiger partial charge in [-0.05, 0) is 48.8 Å². The first-order valence-electron chi connectivity index (χ1n) is 9.39. The lowest BCUT2D eigenvalue weighted by Gasteiger charge is -2.16. The van der Waals surface area contributed by atoms with Crippen LogP contribution in [0.25, 0.3) is 11.1 Å². The predicted octanol–water partition coefficient (Wildman–Crippen LogP) is 6.81. The van der Waals surface area contributed by atoms with Crippen LogP contribution >= 0.6 is 11.3 Å². The molecule has 0 saturated heterocycles. The number of thiophene rings is 1. The molecule has 4 heteroatoms. The zero-order chi connectivity index (χ0) is 21.0. The number of Topliss-reactive ketones (excluding diaryl/α,β-unsaturated/α-hetero) is 1. The van der Waals surface area contributed by atoms with E-state index in [1.165, 1.54) is 6.21 Å². The van der Waals surface area contributed by atoms with Crippen molar-refractivity contribution < 1.29 is 4.79 Å². The maximum absolute atomic E-state index is 12.7. The smallest absolute Gasteiger partial charge is 0.185 e. The SMILES string of the molecule is C=CC=NC(C(=O)CC(=C)c1ccc(C2=Nc3ccccc3C(=C)C2)s1)=C(C)C. The average Bonchev–Trinajstić information content (AvgIpc) is 3.18. The van der Waals surface area contributed by atoms with Crippen molar-refractivity contribution in [2.45, 2.75) is 26.7 Å². The number of benzene rings is 1. The van der Waals surface area contributed by atoms with E-state index in [4.69, 9.17) is 4.99 Å². The van der Waals surface area contributed by atoms with E-state index in [1.54, 1.807) is 17.4 Å². The molecule has 1 aromatic heterocycles. The zero-order valence-corrected chi connectivity index (χ0v) is 17.7. The topological polar surface area (TPSA) is 41.8 Å². The minimum absolute atomic E-state index is 0.0413. The summed E-state index contributed by atoms with van der Waals surface area (Å²) >= 11 is 1.61. The van der Waals surface area contributed by atoms with Crippen LogP contribution in [-0.4, -0.2) is 17.7 Å². The number of rotatable bonds is 7. The number of para-hydroxylation sites is 1. The molecule has 0 saturated carbocycles. The molecule has 0 bridgehead atoms. The Hall–Kier alpha value is -3.11. The Morgan fingerprint density at radius 1 is 1.24 bits per heavy atom. The summed E-state index contributed by atoms with van der Waals surface area (Å²) in [5.74, 6) is -0.0413. The van der Waals surface area contributed by atoms with Gasteiger partial charge in [0.25, 0.3) is 0 Å². The summed E-state index contributed by atoms with van der Waals surface area (Å²) in [5, 5.41) is 0. The molecule has 3 rings (SSSR count). The maximum Gasteiger partial charge on any atom is 0.185 e. The second kappa shape index (κ2) is 8.93. The Morgan fingerprint density at radius 3 is 2.72 bits per heavy atom. The first-order chi connectivity index (χ1) is 13.9. The van der Waals surface area contributed by atoms with Crippen LogP contribution in [0.2, 0.25) is 0 Å². The molecular weight excluding hydrogens is 376 g/mol. The van der Waals surface area contributed by atoms with E-state index in [0.29, 0.717) is 5.70 Å². The second-order valence-corrected chi connectivity index (χ2v) is 8.17. The van der Waals surface area contributed by atoms with Crippen LogP contribution in [0.4, 0.5) is 5.69 Å². The molecule has 0 spiro atoms. The number of allylic oxidation sites excluding steroid dienone is 5. The van der Waals surface area contributed by atoms with Gasteiger partial charge in [-0.1, -0.05) is 44.0 Å². The summed E-state index contributed by atoms with van der Waals surface area (Å²) in [5.41, 5.74) is 6.27. The Labute approximate surface area is 176 Å². The van der Waals surface area contributed by atoms with Crippen molar-refractivity contribution in [3.8, 4) is 0 Å². The highest BCUT2D eigenvalue weighted by atomic mass is 32.1. The van der Waals surface area contributed by atoms with E-state index in [-0.39, 0.29) is 12.2 Å². The van der Waals surface area contributed by atoms with Crippen LogP contribution in [0.3, 0.4) is 0 Å². The van der Waals surface area contributed by atoms with Gasteiger partial charge in [0.2, 0.25) is 0 Å². The number of carbonyl (C=O) groups excluding carboxylic acids is 1. The molecule has 0 radical (unpaired) electrons. The van der Waals surface area contributed by atoms with Crippen molar-refractivity contribution in [3.63, 3.8) is 0 Å². The third kappa shape index (κ3) is 4.66. The van der Waals surface area contributed by atoms with Crippen LogP contribution in [-0.2, 0) is 4.79 Å². The molecule has 2 heterocycles. The van der Waals surface area contributed by atoms with Crippen molar-refractivity contribution in [1.29, 1.82) is 0 Å². The molecule has 0 fully saturated rings. The Morgan fingerprint density at radius 2 is 2.00 bits per heavy atom. The van der Waals surface area contributed by atoms with Crippen molar-refractivity contribution in [3.05, 3.63) is 88.8 Å². The molecule has 0 atom stereocenters. The molecule has 0 amide bonds. The van der Waals surface area contributed by atoms with E-state index >= 15 is 0 Å². The van der Waals surface area contributed by atoms with Gasteiger partial charge in [-0.2, -0.15) is 0 Å². The summed E-state index contributed by atoms with van der Waals surface area (Å²) < 4.78 is 0. The van der Waals surface area contributed by atoms with Crippen LogP contribution < -0.4 is 0 Å². The lowest BCUT2D eigenvalue weighted by Crippen LogP contribution is -2.04. The summed E-state index contributed by atoms with van der Waals surface area (Å²) in [6.07, 6.45) is 4.06. The minimum Gasteiger partial charge on any atom is -0.292 e. The van der Waals surface area contributed by atoms with E-state index < -0.39 is 0 Å². The number of carbonyl (C=O) groups is 1. The number of aliphatic imine (C=N–C) groups is 2. The molecule has 1 aliphatic heterocycles. The van der Waals surface area contributed by atoms with Gasteiger partial charge >= 0.3 is 0 Å². The van der Waals surface area contributed by atoms with E-state index in [0.717, 1.165) is 49.9 Å². The van der Waals surface area contributed by atoms with Gasteiger partial charge in [-0.25, -0.2) is 0 Å². The third-order valence-corrected chi connectivity index (χ3v) is 5.82. The van der Waals surface area contributed by atoms with Crippen molar-refractivity contribution in [1.82, 2.24) is 0 Å². The van der Waals surface area contributed by atoms with Crippen LogP contribution in [0.5, 0.6) is 0 Å². The van der Waals surface area contributed by atoms with Gasteiger partial charge in [0, 0.05) is 34.4 Å². The highest BCUT2D eigenvalue weighted by Crippen LogP contribution is 2.36. The molecule has 29 heavy (non-hydrogen) atoms. The Bertz CT molecular complexity index is 1090. The third-order valence-electron chi connectivity index (χ3n) is 4.58. The summed E-state index contributed by atoms with van der Waals surface area (Å²) in [6, 6.07) is 12.1. The van der Waals surface area contributed by atoms with Gasteiger partial charge in [-0.3, -0.25) is 14.8 Å². The van der Waals surface area contributed by atoms with E-state index in [9.17, 15) is 4.79 Å². The molecular formula is C25H24N2OS. The highest BCUT2D eigenvalue weighted by molar-refractivity contribution is 7.15. The first kappa shape index (κ1) is 20.6. The standard InChI is InChI=1S/C25H24N2OS/c1-6-13-26-25(16(2)3)22(28)15-18(5)23-11-12-24(29-23)21-14-17(4)19-9-7-8-10-20(19)27-21/h6-13H,1,4-5,14-15H2,2-3H3. The lowest BCUT2D eigenvalue weighted by molar-refractivity contribution is -0.114. The number of nitrogens with zero attached hydrogens (tertiary/aromatic N) is 2. The van der Waals surface area contributed by atoms with Gasteiger partial charge < -0.3 is 0 Å². The van der Waals surface area contributed by atoms with Crippen LogP contribution in [0.15, 0.2) is 83.5 Å². The summed E-state index contributed by atoms with van der Waals surface area (Å²) in [4.78, 5) is 23.8. The van der Waals surface area contributed by atoms with Crippen molar-refractivity contribution in [2.75, 3.05) is 0 Å². The molecule has 146 valence electrons. The fourth-order valence-corrected chi connectivity index (χ4v) is 4.11. The Balaban J connectivity index is 1.79. The largest absolute Gasteiger partial charge is 0.292 e. The maximum atomic E-state index is 12.7. The fourth-order valence-electron chi connectivity index (χ4n) is 3.15. The van der Waals surface area contributed by atoms with Crippen LogP contribution in [0.1, 0.15) is 42.0 Å². The van der Waals surface area contributed by atoms with Crippen LogP contribution in [0, 0.1) is 0 Å². The second-order valence-electron chi connectivity index (χ2n) is 7.09. The predicted molar refractivity (Wildman–Crippen MR) is 126 cm³/mol. The van der Waals surface area contributed by atoms with Gasteiger partial charge in [0.05, 0.1) is 11.4 Å². The quantitative estimate of drug-likeness (QED) is 0.372. The highest BCUT2D eigenvalue weighted by Gasteiger charge is 2.19. The average molecular weight is 401 g/mol. The minimum atomic E-state index is -0.0413. The molecule has 3 nitrogen and oxygen atoms in total. The summed E-state index contributed by atoms with van der Waals surface area (Å²) in [6.45, 7) is 15.7. The molecule has 0 unspecified atom stereocenters. The van der Waals surface area contributed by atoms with Crippen molar-refractivity contribution >= 4 is 45.9 Å². The first-order valence-corrected chi connectivity index (χ1v) is 10.2. The normalized spacial score (nSPS) is 13.0. The number of fused-ring (bicyclic) bond motifs is 1. The van der Waals surface area contributed by atoms with Gasteiger partial charge in [0.15, 0.2) is 5.78 Å². The molecule has 1 aromatic carbocycles. The van der Waals surface area contributed by atoms with E-state index in [1.807, 2.05) is 44.2 Å². The van der Waals surface area contributed by atoms with Gasteiger partial charge in [0.1, 0.15) is 5.70 Å². The molecule has 1 aliphatic rings. The number of hydrogen-bond donors (Lipinski definition) is 0. The zero-order valence-electron chi connectivity index (χ0n) is 16.9.